The predicted octanol–water partition coefficient (Wildman–Crippen LogP) is 2.18. The highest BCUT2D eigenvalue weighted by Crippen LogP contribution is 2.21. The van der Waals surface area contributed by atoms with Crippen molar-refractivity contribution in [3.63, 3.8) is 0 Å². The van der Waals surface area contributed by atoms with Gasteiger partial charge in [0.15, 0.2) is 0 Å². The molecule has 108 valence electrons. The van der Waals surface area contributed by atoms with E-state index in [0.29, 0.717) is 18.4 Å². The summed E-state index contributed by atoms with van der Waals surface area (Å²) in [6, 6.07) is 6.48. The van der Waals surface area contributed by atoms with E-state index in [1.807, 2.05) is 4.90 Å². The molecule has 2 amide bonds. The summed E-state index contributed by atoms with van der Waals surface area (Å²) in [5.74, 6) is 0.131. The summed E-state index contributed by atoms with van der Waals surface area (Å²) in [7, 11) is 0. The molecule has 2 rings (SSSR count). The van der Waals surface area contributed by atoms with Crippen LogP contribution in [0, 0.1) is 11.8 Å². The van der Waals surface area contributed by atoms with Crippen LogP contribution in [-0.2, 0) is 6.54 Å². The van der Waals surface area contributed by atoms with Gasteiger partial charge in [-0.1, -0.05) is 26.0 Å². The van der Waals surface area contributed by atoms with E-state index in [1.165, 1.54) is 0 Å². The Morgan fingerprint density at radius 2 is 1.75 bits per heavy atom. The second kappa shape index (κ2) is 5.94. The number of carboxylic acid groups (broad SMARTS) is 1. The van der Waals surface area contributed by atoms with Crippen molar-refractivity contribution in [1.82, 2.24) is 10.2 Å². The molecule has 1 heterocycles. The number of urea groups is 1. The number of hydrogen-bond donors (Lipinski definition) is 2. The maximum absolute atomic E-state index is 12.0. The Balaban J connectivity index is 1.86. The van der Waals surface area contributed by atoms with Crippen LogP contribution in [0.4, 0.5) is 4.79 Å². The van der Waals surface area contributed by atoms with Crippen LogP contribution in [-0.4, -0.2) is 35.1 Å². The number of benzene rings is 1. The van der Waals surface area contributed by atoms with Crippen LogP contribution in [0.15, 0.2) is 24.3 Å². The molecule has 1 aromatic carbocycles. The van der Waals surface area contributed by atoms with Gasteiger partial charge in [0.1, 0.15) is 0 Å². The summed E-state index contributed by atoms with van der Waals surface area (Å²) in [4.78, 5) is 24.6. The third-order valence-corrected chi connectivity index (χ3v) is 3.92. The Morgan fingerprint density at radius 1 is 1.20 bits per heavy atom. The van der Waals surface area contributed by atoms with Gasteiger partial charge in [0, 0.05) is 19.6 Å². The number of nitrogens with zero attached hydrogens (tertiary/aromatic N) is 1. The first kappa shape index (κ1) is 14.4. The highest BCUT2D eigenvalue weighted by molar-refractivity contribution is 5.87. The first-order valence-electron chi connectivity index (χ1n) is 6.82. The first-order chi connectivity index (χ1) is 9.47. The summed E-state index contributed by atoms with van der Waals surface area (Å²) < 4.78 is 0. The molecule has 0 aliphatic carbocycles. The molecule has 1 aliphatic heterocycles. The van der Waals surface area contributed by atoms with Crippen LogP contribution in [0.5, 0.6) is 0 Å². The molecular weight excluding hydrogens is 256 g/mol. The summed E-state index contributed by atoms with van der Waals surface area (Å²) >= 11 is 0. The maximum atomic E-state index is 12.0. The van der Waals surface area contributed by atoms with Crippen molar-refractivity contribution in [3.8, 4) is 0 Å². The van der Waals surface area contributed by atoms with Crippen LogP contribution < -0.4 is 5.32 Å². The van der Waals surface area contributed by atoms with Crippen LogP contribution in [0.1, 0.15) is 29.8 Å². The number of carbonyl (C=O) groups excluding carboxylic acids is 1. The Labute approximate surface area is 118 Å². The molecule has 1 fully saturated rings. The number of hydrogen-bond acceptors (Lipinski definition) is 2. The van der Waals surface area contributed by atoms with Crippen molar-refractivity contribution in [2.24, 2.45) is 11.8 Å². The molecule has 1 aliphatic rings. The molecule has 0 radical (unpaired) electrons. The molecule has 2 unspecified atom stereocenters. The van der Waals surface area contributed by atoms with Crippen molar-refractivity contribution < 1.29 is 14.7 Å². The largest absolute Gasteiger partial charge is 0.478 e. The monoisotopic (exact) mass is 276 g/mol. The highest BCUT2D eigenvalue weighted by atomic mass is 16.4. The molecule has 2 N–H and O–H groups in total. The topological polar surface area (TPSA) is 69.6 Å². The van der Waals surface area contributed by atoms with Crippen LogP contribution in [0.25, 0.3) is 0 Å². The van der Waals surface area contributed by atoms with E-state index in [1.54, 1.807) is 24.3 Å². The van der Waals surface area contributed by atoms with Gasteiger partial charge in [-0.05, 0) is 29.5 Å². The van der Waals surface area contributed by atoms with Gasteiger partial charge in [0.2, 0.25) is 0 Å². The fraction of sp³-hybridized carbons (Fsp3) is 0.467. The normalized spacial score (nSPS) is 21.8. The fourth-order valence-corrected chi connectivity index (χ4v) is 2.35. The Morgan fingerprint density at radius 3 is 2.25 bits per heavy atom. The smallest absolute Gasteiger partial charge is 0.335 e. The van der Waals surface area contributed by atoms with Crippen molar-refractivity contribution >= 4 is 12.0 Å². The van der Waals surface area contributed by atoms with E-state index >= 15 is 0 Å². The van der Waals surface area contributed by atoms with E-state index in [4.69, 9.17) is 5.11 Å². The molecule has 1 aromatic rings. The van der Waals surface area contributed by atoms with Gasteiger partial charge in [-0.15, -0.1) is 0 Å². The number of aromatic carboxylic acids is 1. The number of carbonyl (C=O) groups is 2. The van der Waals surface area contributed by atoms with E-state index in [9.17, 15) is 9.59 Å². The molecule has 0 saturated carbocycles. The summed E-state index contributed by atoms with van der Waals surface area (Å²) in [5, 5.41) is 11.7. The second-order valence-electron chi connectivity index (χ2n) is 5.52. The van der Waals surface area contributed by atoms with Gasteiger partial charge < -0.3 is 15.3 Å². The minimum absolute atomic E-state index is 0.0523. The lowest BCUT2D eigenvalue weighted by molar-refractivity contribution is 0.0697. The molecular formula is C15H20N2O3. The third-order valence-electron chi connectivity index (χ3n) is 3.92. The summed E-state index contributed by atoms with van der Waals surface area (Å²) in [6.45, 7) is 6.32. The van der Waals surface area contributed by atoms with Crippen LogP contribution >= 0.6 is 0 Å². The zero-order chi connectivity index (χ0) is 14.7. The number of likely N-dealkylation sites (tertiary alicyclic amines) is 1. The van der Waals surface area contributed by atoms with Gasteiger partial charge in [-0.2, -0.15) is 0 Å². The minimum atomic E-state index is -0.944. The van der Waals surface area contributed by atoms with E-state index in [2.05, 4.69) is 19.2 Å². The van der Waals surface area contributed by atoms with Gasteiger partial charge in [0.25, 0.3) is 0 Å². The number of carboxylic acids is 1. The molecule has 0 aromatic heterocycles. The van der Waals surface area contributed by atoms with Crippen LogP contribution in [0.2, 0.25) is 0 Å². The minimum Gasteiger partial charge on any atom is -0.478 e. The molecule has 1 saturated heterocycles. The molecule has 5 nitrogen and oxygen atoms in total. The molecule has 2 atom stereocenters. The fourth-order valence-electron chi connectivity index (χ4n) is 2.35. The average Bonchev–Trinajstić information content (AvgIpc) is 2.76. The van der Waals surface area contributed by atoms with Gasteiger partial charge in [0.05, 0.1) is 5.56 Å². The lowest BCUT2D eigenvalue weighted by Crippen LogP contribution is -2.38. The Hall–Kier alpha value is -2.04. The first-order valence-corrected chi connectivity index (χ1v) is 6.82. The third kappa shape index (κ3) is 3.29. The van der Waals surface area contributed by atoms with Crippen molar-refractivity contribution in [1.29, 1.82) is 0 Å². The standard InChI is InChI=1S/C15H20N2O3/c1-10-8-17(9-11(10)2)15(20)16-7-12-3-5-13(6-4-12)14(18)19/h3-6,10-11H,7-9H2,1-2H3,(H,16,20)(H,18,19). The lowest BCUT2D eigenvalue weighted by atomic mass is 10.0. The Bertz CT molecular complexity index is 488. The average molecular weight is 276 g/mol. The van der Waals surface area contributed by atoms with Crippen molar-refractivity contribution in [3.05, 3.63) is 35.4 Å². The van der Waals surface area contributed by atoms with Gasteiger partial charge in [-0.25, -0.2) is 9.59 Å². The summed E-state index contributed by atoms with van der Waals surface area (Å²) in [5.41, 5.74) is 1.14. The number of amides is 2. The Kier molecular flexibility index (Phi) is 4.27. The van der Waals surface area contributed by atoms with E-state index < -0.39 is 5.97 Å². The van der Waals surface area contributed by atoms with E-state index in [-0.39, 0.29) is 11.6 Å². The van der Waals surface area contributed by atoms with Gasteiger partial charge in [-0.3, -0.25) is 0 Å². The highest BCUT2D eigenvalue weighted by Gasteiger charge is 2.28. The maximum Gasteiger partial charge on any atom is 0.335 e. The van der Waals surface area contributed by atoms with Crippen LogP contribution in [0.3, 0.4) is 0 Å². The second-order valence-corrected chi connectivity index (χ2v) is 5.52. The van der Waals surface area contributed by atoms with Gasteiger partial charge >= 0.3 is 12.0 Å². The summed E-state index contributed by atoms with van der Waals surface area (Å²) in [6.07, 6.45) is 0. The van der Waals surface area contributed by atoms with Crippen molar-refractivity contribution in [2.75, 3.05) is 13.1 Å². The SMILES string of the molecule is CC1CN(C(=O)NCc2ccc(C(=O)O)cc2)CC1C. The number of nitrogens with one attached hydrogen (secondary N) is 1. The molecule has 5 heteroatoms. The lowest BCUT2D eigenvalue weighted by Gasteiger charge is -2.17. The molecule has 0 spiro atoms. The molecule has 20 heavy (non-hydrogen) atoms. The predicted molar refractivity (Wildman–Crippen MR) is 75.5 cm³/mol. The quantitative estimate of drug-likeness (QED) is 0.889. The van der Waals surface area contributed by atoms with Crippen molar-refractivity contribution in [2.45, 2.75) is 20.4 Å². The zero-order valence-electron chi connectivity index (χ0n) is 11.8. The van der Waals surface area contributed by atoms with E-state index in [0.717, 1.165) is 18.7 Å². The number of rotatable bonds is 3. The molecule has 0 bridgehead atoms. The zero-order valence-corrected chi connectivity index (χ0v) is 11.8.